The van der Waals surface area contributed by atoms with Crippen molar-refractivity contribution < 1.29 is 19.1 Å². The van der Waals surface area contributed by atoms with Gasteiger partial charge >= 0.3 is 12.1 Å². The molecule has 0 aliphatic heterocycles. The molecule has 0 aliphatic carbocycles. The number of carbonyl (C=O) groups excluding carboxylic acids is 2. The summed E-state index contributed by atoms with van der Waals surface area (Å²) >= 11 is 2.16. The van der Waals surface area contributed by atoms with Gasteiger partial charge in [-0.2, -0.15) is 0 Å². The fourth-order valence-corrected chi connectivity index (χ4v) is 1.84. The van der Waals surface area contributed by atoms with E-state index < -0.39 is 23.7 Å². The van der Waals surface area contributed by atoms with Crippen LogP contribution in [0.25, 0.3) is 0 Å². The summed E-state index contributed by atoms with van der Waals surface area (Å²) in [4.78, 5) is 23.6. The lowest BCUT2D eigenvalue weighted by Crippen LogP contribution is -2.38. The Kier molecular flexibility index (Phi) is 5.79. The van der Waals surface area contributed by atoms with E-state index in [9.17, 15) is 9.59 Å². The fourth-order valence-electron chi connectivity index (χ4n) is 1.48. The molecule has 20 heavy (non-hydrogen) atoms. The smallest absolute Gasteiger partial charge is 0.408 e. The number of ether oxygens (including phenoxy) is 2. The SMILES string of the molecule is COC(=O)C(NC(=O)OC(C)(C)C)c1ccc(I)cc1. The van der Waals surface area contributed by atoms with E-state index in [0.717, 1.165) is 3.57 Å². The highest BCUT2D eigenvalue weighted by atomic mass is 127. The third kappa shape index (κ3) is 5.36. The molecule has 1 aromatic rings. The molecule has 0 aromatic heterocycles. The highest BCUT2D eigenvalue weighted by Crippen LogP contribution is 2.17. The molecule has 5 nitrogen and oxygen atoms in total. The van der Waals surface area contributed by atoms with Gasteiger partial charge in [0.15, 0.2) is 6.04 Å². The van der Waals surface area contributed by atoms with Gasteiger partial charge in [0.25, 0.3) is 0 Å². The Labute approximate surface area is 132 Å². The largest absolute Gasteiger partial charge is 0.467 e. The first kappa shape index (κ1) is 16.7. The number of halogens is 1. The van der Waals surface area contributed by atoms with Gasteiger partial charge in [0.1, 0.15) is 5.60 Å². The topological polar surface area (TPSA) is 64.6 Å². The van der Waals surface area contributed by atoms with E-state index in [0.29, 0.717) is 5.56 Å². The van der Waals surface area contributed by atoms with Crippen molar-refractivity contribution in [2.24, 2.45) is 0 Å². The molecular formula is C14H18INO4. The minimum absolute atomic E-state index is 0.544. The molecule has 6 heteroatoms. The van der Waals surface area contributed by atoms with Crippen LogP contribution in [0.2, 0.25) is 0 Å². The summed E-state index contributed by atoms with van der Waals surface area (Å²) in [6.07, 6.45) is -0.661. The number of carbonyl (C=O) groups is 2. The molecule has 0 fully saturated rings. The summed E-state index contributed by atoms with van der Waals surface area (Å²) in [6, 6.07) is 6.35. The fraction of sp³-hybridized carbons (Fsp3) is 0.429. The van der Waals surface area contributed by atoms with Crippen LogP contribution >= 0.6 is 22.6 Å². The number of hydrogen-bond acceptors (Lipinski definition) is 4. The van der Waals surface area contributed by atoms with Gasteiger partial charge in [-0.05, 0) is 61.1 Å². The summed E-state index contributed by atoms with van der Waals surface area (Å²) in [7, 11) is 1.28. The van der Waals surface area contributed by atoms with Gasteiger partial charge in [-0.25, -0.2) is 9.59 Å². The van der Waals surface area contributed by atoms with Crippen molar-refractivity contribution in [3.8, 4) is 0 Å². The van der Waals surface area contributed by atoms with Crippen LogP contribution in [0.5, 0.6) is 0 Å². The van der Waals surface area contributed by atoms with Gasteiger partial charge in [-0.1, -0.05) is 12.1 Å². The molecule has 1 N–H and O–H groups in total. The molecule has 0 spiro atoms. The number of rotatable bonds is 3. The lowest BCUT2D eigenvalue weighted by molar-refractivity contribution is -0.143. The average molecular weight is 391 g/mol. The molecule has 1 rings (SSSR count). The lowest BCUT2D eigenvalue weighted by atomic mass is 10.1. The maximum atomic E-state index is 11.8. The minimum atomic E-state index is -0.883. The van der Waals surface area contributed by atoms with Gasteiger partial charge in [-0.15, -0.1) is 0 Å². The van der Waals surface area contributed by atoms with E-state index in [2.05, 4.69) is 27.9 Å². The Morgan fingerprint density at radius 2 is 1.75 bits per heavy atom. The molecule has 0 radical (unpaired) electrons. The molecule has 1 amide bonds. The van der Waals surface area contributed by atoms with Crippen LogP contribution in [-0.2, 0) is 14.3 Å². The molecule has 0 heterocycles. The monoisotopic (exact) mass is 391 g/mol. The Balaban J connectivity index is 2.88. The minimum Gasteiger partial charge on any atom is -0.467 e. The first-order valence-electron chi connectivity index (χ1n) is 6.06. The van der Waals surface area contributed by atoms with Crippen molar-refractivity contribution in [2.75, 3.05) is 7.11 Å². The highest BCUT2D eigenvalue weighted by molar-refractivity contribution is 14.1. The van der Waals surface area contributed by atoms with Crippen molar-refractivity contribution in [1.29, 1.82) is 0 Å². The number of methoxy groups -OCH3 is 1. The van der Waals surface area contributed by atoms with E-state index in [1.54, 1.807) is 32.9 Å². The number of nitrogens with one attached hydrogen (secondary N) is 1. The van der Waals surface area contributed by atoms with Crippen molar-refractivity contribution >= 4 is 34.7 Å². The molecule has 1 unspecified atom stereocenters. The van der Waals surface area contributed by atoms with Crippen LogP contribution < -0.4 is 5.32 Å². The summed E-state index contributed by atoms with van der Waals surface area (Å²) in [5, 5.41) is 2.52. The number of benzene rings is 1. The molecule has 0 bridgehead atoms. The second-order valence-electron chi connectivity index (χ2n) is 5.15. The lowest BCUT2D eigenvalue weighted by Gasteiger charge is -2.22. The summed E-state index contributed by atoms with van der Waals surface area (Å²) in [6.45, 7) is 5.26. The zero-order valence-corrected chi connectivity index (χ0v) is 14.1. The Bertz CT molecular complexity index is 479. The zero-order valence-electron chi connectivity index (χ0n) is 11.9. The van der Waals surface area contributed by atoms with Crippen molar-refractivity contribution in [3.05, 3.63) is 33.4 Å². The van der Waals surface area contributed by atoms with Gasteiger partial charge in [0.2, 0.25) is 0 Å². The predicted octanol–water partition coefficient (Wildman–Crippen LogP) is 3.03. The van der Waals surface area contributed by atoms with Gasteiger partial charge in [0.05, 0.1) is 7.11 Å². The molecule has 1 atom stereocenters. The van der Waals surface area contributed by atoms with Crippen molar-refractivity contribution in [1.82, 2.24) is 5.32 Å². The van der Waals surface area contributed by atoms with Gasteiger partial charge in [0, 0.05) is 3.57 Å². The highest BCUT2D eigenvalue weighted by Gasteiger charge is 2.26. The average Bonchev–Trinajstić information content (AvgIpc) is 2.34. The normalized spacial score (nSPS) is 12.4. The molecule has 0 saturated heterocycles. The molecule has 110 valence electrons. The van der Waals surface area contributed by atoms with Crippen LogP contribution in [0.15, 0.2) is 24.3 Å². The maximum absolute atomic E-state index is 11.8. The Morgan fingerprint density at radius 3 is 2.20 bits per heavy atom. The molecular weight excluding hydrogens is 373 g/mol. The Morgan fingerprint density at radius 1 is 1.20 bits per heavy atom. The third-order valence-electron chi connectivity index (χ3n) is 2.30. The van der Waals surface area contributed by atoms with Crippen LogP contribution in [-0.4, -0.2) is 24.8 Å². The van der Waals surface area contributed by atoms with Crippen molar-refractivity contribution in [3.63, 3.8) is 0 Å². The van der Waals surface area contributed by atoms with Gasteiger partial charge in [-0.3, -0.25) is 0 Å². The van der Waals surface area contributed by atoms with E-state index in [4.69, 9.17) is 9.47 Å². The second-order valence-corrected chi connectivity index (χ2v) is 6.40. The number of amides is 1. The van der Waals surface area contributed by atoms with Crippen LogP contribution in [0.3, 0.4) is 0 Å². The van der Waals surface area contributed by atoms with Crippen molar-refractivity contribution in [2.45, 2.75) is 32.4 Å². The standard InChI is InChI=1S/C14H18INO4/c1-14(2,3)20-13(18)16-11(12(17)19-4)9-5-7-10(15)8-6-9/h5-8,11H,1-4H3,(H,16,18). The summed E-state index contributed by atoms with van der Waals surface area (Å²) < 4.78 is 10.9. The third-order valence-corrected chi connectivity index (χ3v) is 3.02. The predicted molar refractivity (Wildman–Crippen MR) is 83.3 cm³/mol. The van der Waals surface area contributed by atoms with Crippen LogP contribution in [0.4, 0.5) is 4.79 Å². The second kappa shape index (κ2) is 6.92. The molecule has 0 saturated carbocycles. The van der Waals surface area contributed by atoms with E-state index in [1.807, 2.05) is 12.1 Å². The number of hydrogen-bond donors (Lipinski definition) is 1. The number of esters is 1. The first-order valence-corrected chi connectivity index (χ1v) is 7.13. The first-order chi connectivity index (χ1) is 9.23. The molecule has 1 aromatic carbocycles. The van der Waals surface area contributed by atoms with Crippen LogP contribution in [0, 0.1) is 3.57 Å². The summed E-state index contributed by atoms with van der Waals surface area (Å²) in [5.74, 6) is -0.544. The quantitative estimate of drug-likeness (QED) is 0.636. The Hall–Kier alpha value is -1.31. The maximum Gasteiger partial charge on any atom is 0.408 e. The molecule has 0 aliphatic rings. The van der Waals surface area contributed by atoms with E-state index in [-0.39, 0.29) is 0 Å². The van der Waals surface area contributed by atoms with Gasteiger partial charge < -0.3 is 14.8 Å². The van der Waals surface area contributed by atoms with E-state index >= 15 is 0 Å². The zero-order chi connectivity index (χ0) is 15.3. The number of alkyl carbamates (subject to hydrolysis) is 1. The van der Waals surface area contributed by atoms with E-state index in [1.165, 1.54) is 7.11 Å². The van der Waals surface area contributed by atoms with Crippen LogP contribution in [0.1, 0.15) is 32.4 Å². The summed E-state index contributed by atoms with van der Waals surface area (Å²) in [5.41, 5.74) is 0.0136.